The molecule has 128 valence electrons. The number of hydrogen-bond donors (Lipinski definition) is 1. The molecule has 1 N–H and O–H groups in total. The first-order valence-electron chi connectivity index (χ1n) is 8.86. The van der Waals surface area contributed by atoms with Crippen molar-refractivity contribution in [2.24, 2.45) is 0 Å². The number of likely N-dealkylation sites (tertiary alicyclic amines) is 2. The molecule has 0 spiro atoms. The summed E-state index contributed by atoms with van der Waals surface area (Å²) in [6.45, 7) is 8.29. The van der Waals surface area contributed by atoms with Gasteiger partial charge in [-0.15, -0.1) is 0 Å². The van der Waals surface area contributed by atoms with Gasteiger partial charge in [-0.25, -0.2) is 0 Å². The summed E-state index contributed by atoms with van der Waals surface area (Å²) in [4.78, 5) is 17.3. The van der Waals surface area contributed by atoms with E-state index in [0.717, 1.165) is 13.1 Å². The van der Waals surface area contributed by atoms with E-state index in [9.17, 15) is 4.79 Å². The van der Waals surface area contributed by atoms with Gasteiger partial charge in [0, 0.05) is 25.2 Å². The van der Waals surface area contributed by atoms with Crippen molar-refractivity contribution in [1.29, 1.82) is 0 Å². The molecule has 1 atom stereocenters. The van der Waals surface area contributed by atoms with Gasteiger partial charge in [-0.2, -0.15) is 0 Å². The minimum Gasteiger partial charge on any atom is -0.360 e. The van der Waals surface area contributed by atoms with E-state index in [2.05, 4.69) is 20.3 Å². The fraction of sp³-hybridized carbons (Fsp3) is 0.765. The van der Waals surface area contributed by atoms with Gasteiger partial charge >= 0.3 is 0 Å². The summed E-state index contributed by atoms with van der Waals surface area (Å²) in [5.41, 5.74) is 0. The van der Waals surface area contributed by atoms with E-state index >= 15 is 0 Å². The van der Waals surface area contributed by atoms with E-state index in [1.54, 1.807) is 6.07 Å². The van der Waals surface area contributed by atoms with Crippen LogP contribution in [0, 0.1) is 6.92 Å². The summed E-state index contributed by atoms with van der Waals surface area (Å²) < 4.78 is 4.99. The lowest BCUT2D eigenvalue weighted by molar-refractivity contribution is -0.121. The maximum absolute atomic E-state index is 12.4. The standard InChI is InChI=1S/C17H28N4O2/c1-13-12-16(19-23-13)18-17(22)14(2)20-10-6-15(7-11-20)21-8-4-3-5-9-21/h12,14-15H,3-11H2,1-2H3,(H,18,19,22)/t14-/m1/s1. The molecule has 0 bridgehead atoms. The number of aromatic nitrogens is 1. The number of nitrogens with one attached hydrogen (secondary N) is 1. The van der Waals surface area contributed by atoms with Crippen LogP contribution in [0.3, 0.4) is 0 Å². The molecule has 3 heterocycles. The third kappa shape index (κ3) is 4.12. The Morgan fingerprint density at radius 2 is 1.96 bits per heavy atom. The molecule has 6 heteroatoms. The van der Waals surface area contributed by atoms with Gasteiger partial charge in [0.25, 0.3) is 0 Å². The highest BCUT2D eigenvalue weighted by atomic mass is 16.5. The van der Waals surface area contributed by atoms with Crippen LogP contribution in [0.4, 0.5) is 5.82 Å². The fourth-order valence-corrected chi connectivity index (χ4v) is 3.74. The molecule has 0 unspecified atom stereocenters. The Balaban J connectivity index is 1.47. The Morgan fingerprint density at radius 1 is 1.26 bits per heavy atom. The number of anilines is 1. The summed E-state index contributed by atoms with van der Waals surface area (Å²) in [7, 11) is 0. The first-order chi connectivity index (χ1) is 11.1. The Labute approximate surface area is 138 Å². The van der Waals surface area contributed by atoms with Crippen molar-refractivity contribution in [2.45, 2.75) is 58.0 Å². The lowest BCUT2D eigenvalue weighted by Crippen LogP contribution is -2.51. The summed E-state index contributed by atoms with van der Waals surface area (Å²) in [6, 6.07) is 2.32. The number of carbonyl (C=O) groups is 1. The number of carbonyl (C=O) groups excluding carboxylic acids is 1. The van der Waals surface area contributed by atoms with Crippen LogP contribution in [0.2, 0.25) is 0 Å². The molecule has 23 heavy (non-hydrogen) atoms. The maximum atomic E-state index is 12.4. The lowest BCUT2D eigenvalue weighted by Gasteiger charge is -2.41. The zero-order valence-electron chi connectivity index (χ0n) is 14.3. The van der Waals surface area contributed by atoms with E-state index in [4.69, 9.17) is 4.52 Å². The summed E-state index contributed by atoms with van der Waals surface area (Å²) in [5, 5.41) is 6.66. The van der Waals surface area contributed by atoms with E-state index in [1.165, 1.54) is 45.2 Å². The van der Waals surface area contributed by atoms with Crippen LogP contribution in [0.5, 0.6) is 0 Å². The average Bonchev–Trinajstić information content (AvgIpc) is 3.00. The molecule has 1 amide bonds. The van der Waals surface area contributed by atoms with Crippen molar-refractivity contribution in [3.8, 4) is 0 Å². The first-order valence-corrected chi connectivity index (χ1v) is 8.86. The van der Waals surface area contributed by atoms with Gasteiger partial charge in [0.05, 0.1) is 6.04 Å². The minimum absolute atomic E-state index is 0.00489. The molecule has 2 fully saturated rings. The van der Waals surface area contributed by atoms with Crippen LogP contribution in [0.1, 0.15) is 44.8 Å². The molecule has 1 aromatic heterocycles. The number of piperidine rings is 2. The number of amides is 1. The van der Waals surface area contributed by atoms with Crippen molar-refractivity contribution >= 4 is 11.7 Å². The van der Waals surface area contributed by atoms with Crippen molar-refractivity contribution in [3.05, 3.63) is 11.8 Å². The molecule has 3 rings (SSSR count). The Hall–Kier alpha value is -1.40. The minimum atomic E-state index is -0.130. The van der Waals surface area contributed by atoms with Gasteiger partial charge in [-0.05, 0) is 52.6 Å². The van der Waals surface area contributed by atoms with Gasteiger partial charge in [-0.3, -0.25) is 9.69 Å². The molecule has 2 aliphatic rings. The second kappa shape index (κ2) is 7.45. The Kier molecular flexibility index (Phi) is 5.33. The molecular weight excluding hydrogens is 292 g/mol. The van der Waals surface area contributed by atoms with Crippen LogP contribution in [-0.2, 0) is 4.79 Å². The smallest absolute Gasteiger partial charge is 0.242 e. The van der Waals surface area contributed by atoms with Crippen molar-refractivity contribution in [2.75, 3.05) is 31.5 Å². The second-order valence-corrected chi connectivity index (χ2v) is 6.85. The molecule has 1 aromatic rings. The molecule has 2 saturated heterocycles. The number of aryl methyl sites for hydroxylation is 1. The van der Waals surface area contributed by atoms with Crippen molar-refractivity contribution in [1.82, 2.24) is 15.0 Å². The van der Waals surface area contributed by atoms with E-state index in [1.807, 2.05) is 13.8 Å². The highest BCUT2D eigenvalue weighted by Crippen LogP contribution is 2.22. The van der Waals surface area contributed by atoms with Gasteiger partial charge < -0.3 is 14.7 Å². The summed E-state index contributed by atoms with van der Waals surface area (Å²) >= 11 is 0. The number of rotatable bonds is 4. The first kappa shape index (κ1) is 16.5. The second-order valence-electron chi connectivity index (χ2n) is 6.85. The van der Waals surface area contributed by atoms with Crippen molar-refractivity contribution < 1.29 is 9.32 Å². The van der Waals surface area contributed by atoms with Crippen LogP contribution >= 0.6 is 0 Å². The van der Waals surface area contributed by atoms with E-state index < -0.39 is 0 Å². The normalized spacial score (nSPS) is 22.9. The van der Waals surface area contributed by atoms with Crippen LogP contribution in [-0.4, -0.2) is 59.1 Å². The predicted octanol–water partition coefficient (Wildman–Crippen LogP) is 2.26. The third-order valence-electron chi connectivity index (χ3n) is 5.21. The molecule has 0 saturated carbocycles. The highest BCUT2D eigenvalue weighted by Gasteiger charge is 2.30. The lowest BCUT2D eigenvalue weighted by atomic mass is 9.99. The fourth-order valence-electron chi connectivity index (χ4n) is 3.74. The topological polar surface area (TPSA) is 61.6 Å². The zero-order valence-corrected chi connectivity index (χ0v) is 14.3. The average molecular weight is 320 g/mol. The van der Waals surface area contributed by atoms with E-state index in [0.29, 0.717) is 17.6 Å². The van der Waals surface area contributed by atoms with E-state index in [-0.39, 0.29) is 11.9 Å². The monoisotopic (exact) mass is 320 g/mol. The van der Waals surface area contributed by atoms with Crippen molar-refractivity contribution in [3.63, 3.8) is 0 Å². The summed E-state index contributed by atoms with van der Waals surface area (Å²) in [5.74, 6) is 1.20. The molecular formula is C17H28N4O2. The highest BCUT2D eigenvalue weighted by molar-refractivity contribution is 5.93. The quantitative estimate of drug-likeness (QED) is 0.922. The maximum Gasteiger partial charge on any atom is 0.242 e. The van der Waals surface area contributed by atoms with Crippen LogP contribution < -0.4 is 5.32 Å². The third-order valence-corrected chi connectivity index (χ3v) is 5.21. The molecule has 0 radical (unpaired) electrons. The molecule has 6 nitrogen and oxygen atoms in total. The summed E-state index contributed by atoms with van der Waals surface area (Å²) in [6.07, 6.45) is 6.40. The number of nitrogens with zero attached hydrogens (tertiary/aromatic N) is 3. The van der Waals surface area contributed by atoms with Gasteiger partial charge in [0.2, 0.25) is 5.91 Å². The molecule has 0 aliphatic carbocycles. The van der Waals surface area contributed by atoms with Gasteiger partial charge in [-0.1, -0.05) is 11.6 Å². The number of hydrogen-bond acceptors (Lipinski definition) is 5. The van der Waals surface area contributed by atoms with Crippen LogP contribution in [0.25, 0.3) is 0 Å². The molecule has 0 aromatic carbocycles. The van der Waals surface area contributed by atoms with Gasteiger partial charge in [0.1, 0.15) is 5.76 Å². The SMILES string of the molecule is Cc1cc(NC(=O)[C@@H](C)N2CCC(N3CCCCC3)CC2)no1. The zero-order chi connectivity index (χ0) is 16.2. The predicted molar refractivity (Wildman–Crippen MR) is 89.4 cm³/mol. The van der Waals surface area contributed by atoms with Gasteiger partial charge in [0.15, 0.2) is 5.82 Å². The Bertz CT molecular complexity index is 516. The Morgan fingerprint density at radius 3 is 2.57 bits per heavy atom. The van der Waals surface area contributed by atoms with Crippen LogP contribution in [0.15, 0.2) is 10.6 Å². The molecule has 2 aliphatic heterocycles. The largest absolute Gasteiger partial charge is 0.360 e.